The number of halogens is 1. The molecule has 0 spiro atoms. The van der Waals surface area contributed by atoms with Crippen LogP contribution in [0.4, 0.5) is 0 Å². The van der Waals surface area contributed by atoms with Crippen molar-refractivity contribution in [3.8, 4) is 0 Å². The van der Waals surface area contributed by atoms with Crippen LogP contribution in [0.5, 0.6) is 0 Å². The first-order chi connectivity index (χ1) is 8.43. The highest BCUT2D eigenvalue weighted by atomic mass is 79.9. The molecule has 1 heterocycles. The van der Waals surface area contributed by atoms with Gasteiger partial charge >= 0.3 is 5.97 Å². The molecular weight excluding hydrogens is 304 g/mol. The largest absolute Gasteiger partial charge is 0.480 e. The minimum atomic E-state index is -1.08. The lowest BCUT2D eigenvalue weighted by Gasteiger charge is -2.19. The van der Waals surface area contributed by atoms with E-state index in [0.717, 1.165) is 0 Å². The highest BCUT2D eigenvalue weighted by Crippen LogP contribution is 2.05. The zero-order valence-electron chi connectivity index (χ0n) is 9.80. The van der Waals surface area contributed by atoms with Gasteiger partial charge in [-0.2, -0.15) is 0 Å². The topological polar surface area (TPSA) is 79.6 Å². The fraction of sp³-hybridized carbons (Fsp3) is 0.364. The van der Waals surface area contributed by atoms with Gasteiger partial charge in [0.25, 0.3) is 5.56 Å². The Labute approximate surface area is 112 Å². The summed E-state index contributed by atoms with van der Waals surface area (Å²) < 4.78 is 1.91. The molecule has 1 N–H and O–H groups in total. The Bertz CT molecular complexity index is 512. The minimum Gasteiger partial charge on any atom is -0.480 e. The summed E-state index contributed by atoms with van der Waals surface area (Å²) in [6, 6.07) is 2.92. The molecule has 6 nitrogen and oxygen atoms in total. The molecule has 0 aliphatic carbocycles. The standard InChI is InChI=1S/C11H13BrN2O4/c1-2-13(7-11(17)18)10(16)6-14-5-8(12)3-4-9(14)15/h3-5H,2,6-7H2,1H3,(H,17,18). The number of carboxylic acid groups (broad SMARTS) is 1. The smallest absolute Gasteiger partial charge is 0.323 e. The van der Waals surface area contributed by atoms with E-state index in [1.807, 2.05) is 0 Å². The summed E-state index contributed by atoms with van der Waals surface area (Å²) in [5, 5.41) is 8.66. The average Bonchev–Trinajstić information content (AvgIpc) is 2.30. The lowest BCUT2D eigenvalue weighted by Crippen LogP contribution is -2.39. The molecule has 0 unspecified atom stereocenters. The number of hydrogen-bond acceptors (Lipinski definition) is 3. The molecular formula is C11H13BrN2O4. The summed E-state index contributed by atoms with van der Waals surface area (Å²) >= 11 is 3.20. The number of aliphatic carboxylic acids is 1. The molecule has 0 saturated carbocycles. The summed E-state index contributed by atoms with van der Waals surface area (Å²) in [5.74, 6) is -1.48. The van der Waals surface area contributed by atoms with Gasteiger partial charge in [-0.15, -0.1) is 0 Å². The molecule has 1 aromatic heterocycles. The van der Waals surface area contributed by atoms with Crippen molar-refractivity contribution in [1.29, 1.82) is 0 Å². The van der Waals surface area contributed by atoms with Gasteiger partial charge in [0.2, 0.25) is 5.91 Å². The molecule has 0 aromatic carbocycles. The van der Waals surface area contributed by atoms with E-state index in [-0.39, 0.29) is 25.2 Å². The van der Waals surface area contributed by atoms with Crippen LogP contribution in [-0.4, -0.2) is 39.5 Å². The second-order valence-electron chi connectivity index (χ2n) is 3.62. The Hall–Kier alpha value is -1.63. The monoisotopic (exact) mass is 316 g/mol. The van der Waals surface area contributed by atoms with Crippen LogP contribution in [-0.2, 0) is 16.1 Å². The van der Waals surface area contributed by atoms with E-state index in [2.05, 4.69) is 15.9 Å². The van der Waals surface area contributed by atoms with Crippen molar-refractivity contribution in [2.75, 3.05) is 13.1 Å². The van der Waals surface area contributed by atoms with Gasteiger partial charge in [0.1, 0.15) is 13.1 Å². The zero-order valence-corrected chi connectivity index (χ0v) is 11.4. The van der Waals surface area contributed by atoms with Gasteiger partial charge in [-0.1, -0.05) is 0 Å². The minimum absolute atomic E-state index is 0.167. The number of carbonyl (C=O) groups is 2. The van der Waals surface area contributed by atoms with Gasteiger partial charge in [-0.05, 0) is 28.9 Å². The van der Waals surface area contributed by atoms with Gasteiger partial charge < -0.3 is 14.6 Å². The zero-order chi connectivity index (χ0) is 13.7. The van der Waals surface area contributed by atoms with E-state index in [9.17, 15) is 14.4 Å². The number of rotatable bonds is 5. The van der Waals surface area contributed by atoms with Crippen LogP contribution in [0, 0.1) is 0 Å². The van der Waals surface area contributed by atoms with Gasteiger partial charge in [0.05, 0.1) is 0 Å². The highest BCUT2D eigenvalue weighted by Gasteiger charge is 2.15. The van der Waals surface area contributed by atoms with Crippen LogP contribution >= 0.6 is 15.9 Å². The molecule has 1 amide bonds. The first-order valence-corrected chi connectivity index (χ1v) is 6.09. The Kier molecular flexibility index (Phi) is 5.08. The van der Waals surface area contributed by atoms with Crippen molar-refractivity contribution < 1.29 is 14.7 Å². The number of hydrogen-bond donors (Lipinski definition) is 1. The second kappa shape index (κ2) is 6.34. The Morgan fingerprint density at radius 2 is 2.11 bits per heavy atom. The van der Waals surface area contributed by atoms with E-state index < -0.39 is 11.9 Å². The van der Waals surface area contributed by atoms with Crippen LogP contribution in [0.15, 0.2) is 27.6 Å². The number of likely N-dealkylation sites (N-methyl/N-ethyl adjacent to an activating group) is 1. The van der Waals surface area contributed by atoms with Crippen molar-refractivity contribution in [3.63, 3.8) is 0 Å². The molecule has 1 aromatic rings. The van der Waals surface area contributed by atoms with Crippen LogP contribution in [0.3, 0.4) is 0 Å². The number of amides is 1. The lowest BCUT2D eigenvalue weighted by molar-refractivity contribution is -0.144. The quantitative estimate of drug-likeness (QED) is 0.860. The van der Waals surface area contributed by atoms with Gasteiger partial charge in [-0.3, -0.25) is 14.4 Å². The van der Waals surface area contributed by atoms with Gasteiger partial charge in [0.15, 0.2) is 0 Å². The summed E-state index contributed by atoms with van der Waals surface area (Å²) in [5.41, 5.74) is -0.307. The fourth-order valence-corrected chi connectivity index (χ4v) is 1.79. The first-order valence-electron chi connectivity index (χ1n) is 5.29. The molecule has 0 fully saturated rings. The van der Waals surface area contributed by atoms with E-state index in [4.69, 9.17) is 5.11 Å². The maximum atomic E-state index is 11.8. The van der Waals surface area contributed by atoms with Crippen LogP contribution in [0.25, 0.3) is 0 Å². The Balaban J connectivity index is 2.82. The van der Waals surface area contributed by atoms with Crippen molar-refractivity contribution in [1.82, 2.24) is 9.47 Å². The SMILES string of the molecule is CCN(CC(=O)O)C(=O)Cn1cc(Br)ccc1=O. The molecule has 0 aliphatic rings. The summed E-state index contributed by atoms with van der Waals surface area (Å²) in [6.07, 6.45) is 1.49. The number of pyridine rings is 1. The molecule has 0 aliphatic heterocycles. The van der Waals surface area contributed by atoms with Crippen LogP contribution in [0.2, 0.25) is 0 Å². The summed E-state index contributed by atoms with van der Waals surface area (Å²) in [4.78, 5) is 35.1. The summed E-state index contributed by atoms with van der Waals surface area (Å²) in [6.45, 7) is 1.44. The third kappa shape index (κ3) is 3.99. The van der Waals surface area contributed by atoms with Crippen LogP contribution < -0.4 is 5.56 Å². The van der Waals surface area contributed by atoms with E-state index >= 15 is 0 Å². The highest BCUT2D eigenvalue weighted by molar-refractivity contribution is 9.10. The fourth-order valence-electron chi connectivity index (χ4n) is 1.41. The summed E-state index contributed by atoms with van der Waals surface area (Å²) in [7, 11) is 0. The molecule has 0 saturated heterocycles. The average molecular weight is 317 g/mol. The molecule has 18 heavy (non-hydrogen) atoms. The van der Waals surface area contributed by atoms with Crippen molar-refractivity contribution in [3.05, 3.63) is 33.2 Å². The van der Waals surface area contributed by atoms with Gasteiger partial charge in [0, 0.05) is 23.3 Å². The molecule has 7 heteroatoms. The number of aromatic nitrogens is 1. The maximum absolute atomic E-state index is 11.8. The molecule has 0 bridgehead atoms. The lowest BCUT2D eigenvalue weighted by atomic mass is 10.4. The first kappa shape index (κ1) is 14.4. The van der Waals surface area contributed by atoms with Crippen LogP contribution in [0.1, 0.15) is 6.92 Å². The predicted octanol–water partition coefficient (Wildman–Crippen LogP) is 0.544. The Morgan fingerprint density at radius 3 is 2.67 bits per heavy atom. The van der Waals surface area contributed by atoms with Crippen molar-refractivity contribution in [2.45, 2.75) is 13.5 Å². The third-order valence-electron chi connectivity index (χ3n) is 2.31. The van der Waals surface area contributed by atoms with E-state index in [1.165, 1.54) is 21.7 Å². The van der Waals surface area contributed by atoms with Gasteiger partial charge in [-0.25, -0.2) is 0 Å². The normalized spacial score (nSPS) is 10.1. The van der Waals surface area contributed by atoms with E-state index in [0.29, 0.717) is 4.47 Å². The third-order valence-corrected chi connectivity index (χ3v) is 2.78. The van der Waals surface area contributed by atoms with Crippen molar-refractivity contribution >= 4 is 27.8 Å². The molecule has 98 valence electrons. The maximum Gasteiger partial charge on any atom is 0.323 e. The van der Waals surface area contributed by atoms with E-state index in [1.54, 1.807) is 13.0 Å². The predicted molar refractivity (Wildman–Crippen MR) is 68.3 cm³/mol. The molecule has 0 radical (unpaired) electrons. The number of carboxylic acids is 1. The number of nitrogens with zero attached hydrogens (tertiary/aromatic N) is 2. The second-order valence-corrected chi connectivity index (χ2v) is 4.53. The Morgan fingerprint density at radius 1 is 1.44 bits per heavy atom. The molecule has 0 atom stereocenters. The number of carbonyl (C=O) groups excluding carboxylic acids is 1. The van der Waals surface area contributed by atoms with Crippen molar-refractivity contribution in [2.24, 2.45) is 0 Å². The molecule has 1 rings (SSSR count).